The summed E-state index contributed by atoms with van der Waals surface area (Å²) in [6.45, 7) is 1.54. The highest BCUT2D eigenvalue weighted by atomic mass is 19.1. The number of nitrogens with one attached hydrogen (secondary N) is 1. The number of aryl methyl sites for hydroxylation is 1. The molecule has 16 heavy (non-hydrogen) atoms. The highest BCUT2D eigenvalue weighted by molar-refractivity contribution is 5.38. The first-order chi connectivity index (χ1) is 7.66. The molecule has 0 saturated heterocycles. The number of aromatic nitrogens is 1. The third-order valence-corrected chi connectivity index (χ3v) is 3.05. The highest BCUT2D eigenvalue weighted by Crippen LogP contribution is 2.22. The molecule has 0 amide bonds. The quantitative estimate of drug-likeness (QED) is 0.835. The van der Waals surface area contributed by atoms with Gasteiger partial charge in [-0.15, -0.1) is 0 Å². The van der Waals surface area contributed by atoms with E-state index < -0.39 is 11.6 Å². The summed E-state index contributed by atoms with van der Waals surface area (Å²) in [7, 11) is 0. The fraction of sp³-hybridized carbons (Fsp3) is 0.583. The predicted molar refractivity (Wildman–Crippen MR) is 59.4 cm³/mol. The zero-order valence-corrected chi connectivity index (χ0v) is 9.39. The lowest BCUT2D eigenvalue weighted by molar-refractivity contribution is 0.458. The molecule has 0 radical (unpaired) electrons. The van der Waals surface area contributed by atoms with Crippen molar-refractivity contribution in [3.05, 3.63) is 23.4 Å². The number of pyridine rings is 1. The molecule has 1 aliphatic carbocycles. The van der Waals surface area contributed by atoms with Crippen molar-refractivity contribution in [2.45, 2.75) is 45.1 Å². The van der Waals surface area contributed by atoms with E-state index in [9.17, 15) is 8.78 Å². The molecule has 1 aliphatic rings. The van der Waals surface area contributed by atoms with E-state index in [-0.39, 0.29) is 17.6 Å². The number of hydrogen-bond acceptors (Lipinski definition) is 2. The van der Waals surface area contributed by atoms with E-state index in [0.717, 1.165) is 18.9 Å². The molecule has 0 aliphatic heterocycles. The van der Waals surface area contributed by atoms with E-state index in [1.165, 1.54) is 19.3 Å². The van der Waals surface area contributed by atoms with Crippen molar-refractivity contribution < 1.29 is 8.78 Å². The first-order valence-electron chi connectivity index (χ1n) is 5.76. The lowest BCUT2D eigenvalue weighted by Gasteiger charge is -2.23. The van der Waals surface area contributed by atoms with Crippen molar-refractivity contribution in [2.75, 3.05) is 5.32 Å². The molecule has 1 heterocycles. The summed E-state index contributed by atoms with van der Waals surface area (Å²) in [5, 5.41) is 3.06. The minimum absolute atomic E-state index is 0.186. The van der Waals surface area contributed by atoms with Crippen LogP contribution in [-0.2, 0) is 0 Å². The van der Waals surface area contributed by atoms with Gasteiger partial charge < -0.3 is 5.32 Å². The molecule has 0 unspecified atom stereocenters. The first kappa shape index (κ1) is 11.3. The second-order valence-electron chi connectivity index (χ2n) is 4.37. The predicted octanol–water partition coefficient (Wildman–Crippen LogP) is 3.41. The Balaban J connectivity index is 2.11. The Morgan fingerprint density at radius 2 is 1.88 bits per heavy atom. The van der Waals surface area contributed by atoms with E-state index in [4.69, 9.17) is 0 Å². The van der Waals surface area contributed by atoms with Crippen LogP contribution in [-0.4, -0.2) is 11.0 Å². The summed E-state index contributed by atoms with van der Waals surface area (Å²) < 4.78 is 26.4. The molecule has 1 aromatic rings. The fourth-order valence-electron chi connectivity index (χ4n) is 2.10. The molecular formula is C12H16F2N2. The maximum absolute atomic E-state index is 13.4. The molecule has 1 saturated carbocycles. The van der Waals surface area contributed by atoms with Gasteiger partial charge in [-0.05, 0) is 19.8 Å². The number of anilines is 1. The van der Waals surface area contributed by atoms with Crippen LogP contribution in [0.4, 0.5) is 14.6 Å². The molecule has 88 valence electrons. The number of halogens is 2. The van der Waals surface area contributed by atoms with Crippen LogP contribution in [0.5, 0.6) is 0 Å². The zero-order valence-electron chi connectivity index (χ0n) is 9.39. The molecule has 0 bridgehead atoms. The van der Waals surface area contributed by atoms with E-state index in [1.54, 1.807) is 6.92 Å². The molecule has 1 fully saturated rings. The SMILES string of the molecule is Cc1nc(NC2CCCCC2)c(F)cc1F. The van der Waals surface area contributed by atoms with Gasteiger partial charge in [0, 0.05) is 12.1 Å². The first-order valence-corrected chi connectivity index (χ1v) is 5.76. The molecule has 0 aromatic carbocycles. The van der Waals surface area contributed by atoms with Crippen LogP contribution < -0.4 is 5.32 Å². The van der Waals surface area contributed by atoms with E-state index in [0.29, 0.717) is 0 Å². The van der Waals surface area contributed by atoms with Crippen LogP contribution in [0.15, 0.2) is 6.07 Å². The molecule has 0 spiro atoms. The second-order valence-corrected chi connectivity index (χ2v) is 4.37. The van der Waals surface area contributed by atoms with Gasteiger partial charge in [0.25, 0.3) is 0 Å². The van der Waals surface area contributed by atoms with E-state index in [2.05, 4.69) is 10.3 Å². The third kappa shape index (κ3) is 2.49. The van der Waals surface area contributed by atoms with Crippen molar-refractivity contribution in [3.63, 3.8) is 0 Å². The number of rotatable bonds is 2. The highest BCUT2D eigenvalue weighted by Gasteiger charge is 2.16. The fourth-order valence-corrected chi connectivity index (χ4v) is 2.10. The maximum Gasteiger partial charge on any atom is 0.168 e. The van der Waals surface area contributed by atoms with Crippen LogP contribution in [0, 0.1) is 18.6 Å². The Hall–Kier alpha value is -1.19. The van der Waals surface area contributed by atoms with Gasteiger partial charge in [-0.3, -0.25) is 0 Å². The van der Waals surface area contributed by atoms with Crippen molar-refractivity contribution >= 4 is 5.82 Å². The Labute approximate surface area is 94.1 Å². The van der Waals surface area contributed by atoms with Crippen molar-refractivity contribution in [1.82, 2.24) is 4.98 Å². The average molecular weight is 226 g/mol. The Morgan fingerprint density at radius 1 is 1.19 bits per heavy atom. The lowest BCUT2D eigenvalue weighted by Crippen LogP contribution is -2.23. The van der Waals surface area contributed by atoms with Crippen LogP contribution in [0.2, 0.25) is 0 Å². The topological polar surface area (TPSA) is 24.9 Å². The zero-order chi connectivity index (χ0) is 11.5. The molecule has 1 aromatic heterocycles. The van der Waals surface area contributed by atoms with Gasteiger partial charge in [-0.25, -0.2) is 13.8 Å². The van der Waals surface area contributed by atoms with Crippen molar-refractivity contribution in [3.8, 4) is 0 Å². The summed E-state index contributed by atoms with van der Waals surface area (Å²) in [5.41, 5.74) is 0.236. The summed E-state index contributed by atoms with van der Waals surface area (Å²) in [6, 6.07) is 1.17. The summed E-state index contributed by atoms with van der Waals surface area (Å²) in [4.78, 5) is 3.91. The second kappa shape index (κ2) is 4.76. The van der Waals surface area contributed by atoms with Gasteiger partial charge in [0.1, 0.15) is 5.82 Å². The molecule has 1 N–H and O–H groups in total. The summed E-state index contributed by atoms with van der Waals surface area (Å²) in [5.74, 6) is -1.01. The van der Waals surface area contributed by atoms with Crippen molar-refractivity contribution in [1.29, 1.82) is 0 Å². The van der Waals surface area contributed by atoms with Gasteiger partial charge >= 0.3 is 0 Å². The van der Waals surface area contributed by atoms with Crippen LogP contribution >= 0.6 is 0 Å². The summed E-state index contributed by atoms with van der Waals surface area (Å²) >= 11 is 0. The standard InChI is InChI=1S/C12H16F2N2/c1-8-10(13)7-11(14)12(15-8)16-9-5-3-2-4-6-9/h7,9H,2-6H2,1H3,(H,15,16). The van der Waals surface area contributed by atoms with Gasteiger partial charge in [0.2, 0.25) is 0 Å². The lowest BCUT2D eigenvalue weighted by atomic mass is 9.95. The minimum atomic E-state index is -0.603. The van der Waals surface area contributed by atoms with Gasteiger partial charge in [0.05, 0.1) is 5.69 Å². The Kier molecular flexibility index (Phi) is 3.36. The molecular weight excluding hydrogens is 210 g/mol. The Bertz CT molecular complexity index is 374. The van der Waals surface area contributed by atoms with Crippen LogP contribution in [0.25, 0.3) is 0 Å². The largest absolute Gasteiger partial charge is 0.365 e. The monoisotopic (exact) mass is 226 g/mol. The Morgan fingerprint density at radius 3 is 2.56 bits per heavy atom. The smallest absolute Gasteiger partial charge is 0.168 e. The van der Waals surface area contributed by atoms with Crippen molar-refractivity contribution in [2.24, 2.45) is 0 Å². The van der Waals surface area contributed by atoms with Gasteiger partial charge in [0.15, 0.2) is 11.6 Å². The molecule has 4 heteroatoms. The molecule has 2 nitrogen and oxygen atoms in total. The van der Waals surface area contributed by atoms with Gasteiger partial charge in [-0.1, -0.05) is 19.3 Å². The normalized spacial score (nSPS) is 17.4. The minimum Gasteiger partial charge on any atom is -0.365 e. The summed E-state index contributed by atoms with van der Waals surface area (Å²) in [6.07, 6.45) is 5.66. The average Bonchev–Trinajstić information content (AvgIpc) is 2.27. The molecule has 0 atom stereocenters. The third-order valence-electron chi connectivity index (χ3n) is 3.05. The number of nitrogens with zero attached hydrogens (tertiary/aromatic N) is 1. The number of hydrogen-bond donors (Lipinski definition) is 1. The van der Waals surface area contributed by atoms with E-state index in [1.807, 2.05) is 0 Å². The van der Waals surface area contributed by atoms with Crippen LogP contribution in [0.3, 0.4) is 0 Å². The van der Waals surface area contributed by atoms with Crippen LogP contribution in [0.1, 0.15) is 37.8 Å². The van der Waals surface area contributed by atoms with Gasteiger partial charge in [-0.2, -0.15) is 0 Å². The molecule has 2 rings (SSSR count). The maximum atomic E-state index is 13.4. The van der Waals surface area contributed by atoms with E-state index >= 15 is 0 Å².